The number of aryl methyl sites for hydroxylation is 1. The van der Waals surface area contributed by atoms with Crippen molar-refractivity contribution >= 4 is 29.9 Å². The lowest BCUT2D eigenvalue weighted by molar-refractivity contribution is 0.0982. The summed E-state index contributed by atoms with van der Waals surface area (Å²) in [5.74, 6) is 1.97. The topological polar surface area (TPSA) is 78.6 Å². The summed E-state index contributed by atoms with van der Waals surface area (Å²) >= 11 is 0. The van der Waals surface area contributed by atoms with Crippen molar-refractivity contribution in [3.8, 4) is 0 Å². The lowest BCUT2D eigenvalue weighted by Gasteiger charge is -2.41. The molecule has 0 bridgehead atoms. The largest absolute Gasteiger partial charge is 0.355 e. The van der Waals surface area contributed by atoms with Gasteiger partial charge < -0.3 is 15.2 Å². The maximum absolute atomic E-state index is 4.96. The molecule has 2 rings (SSSR count). The Kier molecular flexibility index (Phi) is 8.24. The first-order valence-corrected chi connectivity index (χ1v) is 8.00. The first-order chi connectivity index (χ1) is 10.5. The number of halogens is 1. The Hall–Kier alpha value is -0.900. The number of rotatable bonds is 5. The summed E-state index contributed by atoms with van der Waals surface area (Å²) < 4.78 is 4.96. The molecule has 1 aromatic heterocycles. The summed E-state index contributed by atoms with van der Waals surface area (Å²) in [5.41, 5.74) is 0.112. The van der Waals surface area contributed by atoms with Crippen LogP contribution in [0.3, 0.4) is 0 Å². The number of aromatic nitrogens is 2. The number of likely N-dealkylation sites (tertiary alicyclic amines) is 1. The van der Waals surface area contributed by atoms with Gasteiger partial charge in [0.1, 0.15) is 0 Å². The Morgan fingerprint density at radius 3 is 2.52 bits per heavy atom. The summed E-state index contributed by atoms with van der Waals surface area (Å²) in [6, 6.07) is 0. The Bertz CT molecular complexity index is 496. The maximum Gasteiger partial charge on any atom is 0.223 e. The number of aliphatic imine (C=N–C) groups is 1. The Morgan fingerprint density at radius 1 is 1.26 bits per heavy atom. The number of piperidine rings is 1. The number of hydrogen-bond acceptors (Lipinski definition) is 5. The van der Waals surface area contributed by atoms with Crippen LogP contribution in [0.2, 0.25) is 0 Å². The second-order valence-electron chi connectivity index (χ2n) is 6.37. The zero-order valence-corrected chi connectivity index (χ0v) is 16.9. The van der Waals surface area contributed by atoms with Crippen LogP contribution >= 0.6 is 24.0 Å². The Morgan fingerprint density at radius 2 is 1.96 bits per heavy atom. The van der Waals surface area contributed by atoms with Crippen molar-refractivity contribution in [1.82, 2.24) is 25.7 Å². The average Bonchev–Trinajstić information content (AvgIpc) is 2.94. The molecule has 1 aliphatic heterocycles. The second kappa shape index (κ2) is 9.41. The molecular formula is C15H29IN6O. The predicted octanol–water partition coefficient (Wildman–Crippen LogP) is 1.93. The molecule has 0 amide bonds. The highest BCUT2D eigenvalue weighted by Gasteiger charge is 2.27. The molecule has 0 aliphatic carbocycles. The van der Waals surface area contributed by atoms with Gasteiger partial charge in [-0.3, -0.25) is 9.89 Å². The molecule has 2 N–H and O–H groups in total. The normalized spacial score (nSPS) is 16.8. The van der Waals surface area contributed by atoms with Crippen molar-refractivity contribution in [3.05, 3.63) is 11.7 Å². The first kappa shape index (κ1) is 20.1. The SMILES string of the molecule is CN=C(NCc1noc(C)n1)NCC(C)(C)N1CCCCC1.I. The molecule has 0 unspecified atom stereocenters. The highest BCUT2D eigenvalue weighted by Crippen LogP contribution is 2.19. The van der Waals surface area contributed by atoms with E-state index in [0.29, 0.717) is 18.3 Å². The van der Waals surface area contributed by atoms with Gasteiger partial charge in [-0.2, -0.15) is 4.98 Å². The molecule has 0 radical (unpaired) electrons. The monoisotopic (exact) mass is 436 g/mol. The van der Waals surface area contributed by atoms with Gasteiger partial charge in [-0.15, -0.1) is 24.0 Å². The van der Waals surface area contributed by atoms with E-state index in [2.05, 4.69) is 44.5 Å². The fourth-order valence-electron chi connectivity index (χ4n) is 2.71. The standard InChI is InChI=1S/C15H28N6O.HI/c1-12-19-13(20-22-12)10-17-14(16-4)18-11-15(2,3)21-8-6-5-7-9-21;/h5-11H2,1-4H3,(H2,16,17,18);1H. The molecule has 0 spiro atoms. The van der Waals surface area contributed by atoms with Crippen LogP contribution in [0.4, 0.5) is 0 Å². The third-order valence-corrected chi connectivity index (χ3v) is 4.11. The van der Waals surface area contributed by atoms with Crippen LogP contribution in [0.1, 0.15) is 44.8 Å². The molecule has 0 aromatic carbocycles. The molecule has 1 aliphatic rings. The lowest BCUT2D eigenvalue weighted by Crippen LogP contribution is -2.54. The first-order valence-electron chi connectivity index (χ1n) is 8.00. The molecule has 0 atom stereocenters. The molecule has 2 heterocycles. The Balaban J connectivity index is 0.00000264. The van der Waals surface area contributed by atoms with Gasteiger partial charge in [-0.05, 0) is 39.8 Å². The summed E-state index contributed by atoms with van der Waals surface area (Å²) in [6.45, 7) is 10.1. The number of nitrogens with one attached hydrogen (secondary N) is 2. The minimum atomic E-state index is 0. The van der Waals surface area contributed by atoms with E-state index in [-0.39, 0.29) is 29.5 Å². The van der Waals surface area contributed by atoms with Gasteiger partial charge in [0.2, 0.25) is 5.89 Å². The molecule has 1 saturated heterocycles. The summed E-state index contributed by atoms with van der Waals surface area (Å²) in [5, 5.41) is 10.5. The van der Waals surface area contributed by atoms with Crippen molar-refractivity contribution in [2.45, 2.75) is 52.1 Å². The number of guanidine groups is 1. The van der Waals surface area contributed by atoms with Crippen LogP contribution in [0.25, 0.3) is 0 Å². The van der Waals surface area contributed by atoms with Crippen LogP contribution in [-0.2, 0) is 6.54 Å². The maximum atomic E-state index is 4.96. The van der Waals surface area contributed by atoms with Crippen molar-refractivity contribution in [2.75, 3.05) is 26.7 Å². The van der Waals surface area contributed by atoms with Gasteiger partial charge in [-0.25, -0.2) is 0 Å². The summed E-state index contributed by atoms with van der Waals surface area (Å²) in [4.78, 5) is 11.0. The predicted molar refractivity (Wildman–Crippen MR) is 102 cm³/mol. The van der Waals surface area contributed by atoms with Gasteiger partial charge in [0, 0.05) is 26.1 Å². The third kappa shape index (κ3) is 6.25. The number of hydrogen-bond donors (Lipinski definition) is 2. The van der Waals surface area contributed by atoms with Crippen LogP contribution < -0.4 is 10.6 Å². The molecule has 8 heteroatoms. The third-order valence-electron chi connectivity index (χ3n) is 4.11. The zero-order chi connectivity index (χ0) is 16.0. The highest BCUT2D eigenvalue weighted by atomic mass is 127. The van der Waals surface area contributed by atoms with E-state index in [1.54, 1.807) is 14.0 Å². The second-order valence-corrected chi connectivity index (χ2v) is 6.37. The minimum Gasteiger partial charge on any atom is -0.355 e. The quantitative estimate of drug-likeness (QED) is 0.417. The van der Waals surface area contributed by atoms with Crippen molar-refractivity contribution < 1.29 is 4.52 Å². The van der Waals surface area contributed by atoms with Gasteiger partial charge in [-0.1, -0.05) is 11.6 Å². The molecule has 23 heavy (non-hydrogen) atoms. The smallest absolute Gasteiger partial charge is 0.223 e. The number of nitrogens with zero attached hydrogens (tertiary/aromatic N) is 4. The average molecular weight is 436 g/mol. The zero-order valence-electron chi connectivity index (χ0n) is 14.6. The van der Waals surface area contributed by atoms with E-state index in [1.165, 1.54) is 32.4 Å². The molecule has 7 nitrogen and oxygen atoms in total. The van der Waals surface area contributed by atoms with Crippen LogP contribution in [-0.4, -0.2) is 53.2 Å². The molecule has 1 aromatic rings. The van der Waals surface area contributed by atoms with Crippen molar-refractivity contribution in [2.24, 2.45) is 4.99 Å². The fraction of sp³-hybridized carbons (Fsp3) is 0.800. The van der Waals surface area contributed by atoms with E-state index in [0.717, 1.165) is 12.5 Å². The summed E-state index contributed by atoms with van der Waals surface area (Å²) in [6.07, 6.45) is 3.95. The lowest BCUT2D eigenvalue weighted by atomic mass is 9.98. The van der Waals surface area contributed by atoms with Gasteiger partial charge in [0.25, 0.3) is 0 Å². The van der Waals surface area contributed by atoms with E-state index in [4.69, 9.17) is 4.52 Å². The molecule has 0 saturated carbocycles. The molecule has 132 valence electrons. The van der Waals surface area contributed by atoms with Crippen LogP contribution in [0.5, 0.6) is 0 Å². The molecular weight excluding hydrogens is 407 g/mol. The van der Waals surface area contributed by atoms with E-state index < -0.39 is 0 Å². The van der Waals surface area contributed by atoms with Gasteiger partial charge in [0.05, 0.1) is 6.54 Å². The van der Waals surface area contributed by atoms with E-state index in [9.17, 15) is 0 Å². The van der Waals surface area contributed by atoms with Crippen molar-refractivity contribution in [3.63, 3.8) is 0 Å². The van der Waals surface area contributed by atoms with Crippen LogP contribution in [0, 0.1) is 6.92 Å². The Labute approximate surface area is 155 Å². The van der Waals surface area contributed by atoms with E-state index >= 15 is 0 Å². The highest BCUT2D eigenvalue weighted by molar-refractivity contribution is 14.0. The molecule has 1 fully saturated rings. The minimum absolute atomic E-state index is 0. The van der Waals surface area contributed by atoms with Crippen molar-refractivity contribution in [1.29, 1.82) is 0 Å². The van der Waals surface area contributed by atoms with Gasteiger partial charge >= 0.3 is 0 Å². The van der Waals surface area contributed by atoms with Crippen LogP contribution in [0.15, 0.2) is 9.52 Å². The summed E-state index contributed by atoms with van der Waals surface area (Å²) in [7, 11) is 1.77. The van der Waals surface area contributed by atoms with Gasteiger partial charge in [0.15, 0.2) is 11.8 Å². The van der Waals surface area contributed by atoms with E-state index in [1.807, 2.05) is 0 Å². The fourth-order valence-corrected chi connectivity index (χ4v) is 2.71.